The molecule has 7 heavy (non-hydrogen) atoms. The highest BCUT2D eigenvalue weighted by molar-refractivity contribution is 7.82. The molecular weight excluding hydrogens is 114 g/mol. The zero-order valence-electron chi connectivity index (χ0n) is 3.66. The molecule has 1 unspecified atom stereocenters. The Morgan fingerprint density at radius 3 is 2.43 bits per heavy atom. The van der Waals surface area contributed by atoms with E-state index < -0.39 is 11.2 Å². The van der Waals surface area contributed by atoms with Crippen molar-refractivity contribution in [2.24, 2.45) is 0 Å². The molecule has 0 amide bonds. The van der Waals surface area contributed by atoms with Gasteiger partial charge in [-0.15, -0.1) is 6.58 Å². The van der Waals surface area contributed by atoms with Gasteiger partial charge < -0.3 is 5.11 Å². The third-order valence-electron chi connectivity index (χ3n) is 0.476. The Labute approximate surface area is 47.3 Å². The quantitative estimate of drug-likeness (QED) is 0.412. The molecule has 0 aromatic rings. The fourth-order valence-electron chi connectivity index (χ4n) is 0.101. The van der Waals surface area contributed by atoms with Crippen LogP contribution >= 0.6 is 12.6 Å². The van der Waals surface area contributed by atoms with E-state index in [2.05, 4.69) is 19.2 Å². The van der Waals surface area contributed by atoms with Gasteiger partial charge in [-0.3, -0.25) is 4.79 Å². The van der Waals surface area contributed by atoms with Crippen LogP contribution in [0, 0.1) is 0 Å². The van der Waals surface area contributed by atoms with Crippen molar-refractivity contribution in [3.05, 3.63) is 12.7 Å². The van der Waals surface area contributed by atoms with E-state index in [-0.39, 0.29) is 0 Å². The first kappa shape index (κ1) is 6.56. The Hall–Kier alpha value is -0.440. The zero-order chi connectivity index (χ0) is 5.86. The molecule has 1 atom stereocenters. The van der Waals surface area contributed by atoms with Gasteiger partial charge in [0.15, 0.2) is 0 Å². The van der Waals surface area contributed by atoms with Crippen molar-refractivity contribution in [3.8, 4) is 0 Å². The van der Waals surface area contributed by atoms with Crippen LogP contribution in [0.1, 0.15) is 0 Å². The molecule has 0 aromatic carbocycles. The fourth-order valence-corrected chi connectivity index (χ4v) is 0.101. The largest absolute Gasteiger partial charge is 0.480 e. The second-order valence-corrected chi connectivity index (χ2v) is 1.58. The highest BCUT2D eigenvalue weighted by Crippen LogP contribution is 1.92. The lowest BCUT2D eigenvalue weighted by molar-refractivity contribution is -0.135. The minimum absolute atomic E-state index is 0.722. The molecule has 0 rings (SSSR count). The van der Waals surface area contributed by atoms with Crippen LogP contribution in [-0.4, -0.2) is 16.3 Å². The van der Waals surface area contributed by atoms with Crippen molar-refractivity contribution in [2.45, 2.75) is 5.25 Å². The fraction of sp³-hybridized carbons (Fsp3) is 0.250. The van der Waals surface area contributed by atoms with E-state index in [0.29, 0.717) is 0 Å². The number of carbonyl (C=O) groups is 1. The van der Waals surface area contributed by atoms with E-state index in [9.17, 15) is 4.79 Å². The number of thiol groups is 1. The monoisotopic (exact) mass is 120 g/mol. The molecule has 2 nitrogen and oxygen atoms in total. The number of carboxylic acids is 1. The van der Waals surface area contributed by atoms with Gasteiger partial charge in [0.2, 0.25) is 0 Å². The van der Waals surface area contributed by atoms with E-state index in [1.54, 1.807) is 0 Å². The number of hydrogen-bond acceptors (Lipinski definition) is 2. The maximum Gasteiger partial charge on any atom is 0.320 e. The predicted molar refractivity (Wildman–Crippen MR) is 30.6 cm³/mol. The topological polar surface area (TPSA) is 37.3 Å². The third kappa shape index (κ3) is 2.28. The van der Waals surface area contributed by atoms with E-state index in [1.807, 2.05) is 0 Å². The Balaban J connectivity index is 3.55. The van der Waals surface area contributed by atoms with Crippen molar-refractivity contribution in [1.82, 2.24) is 0 Å². The number of rotatable bonds is 2. The standard InChI is InChI=1S/C4H6O2S/c1-2-3(7)4(5)6/h2-3,7H,1H2,(H,5,6)/i4+2. The summed E-state index contributed by atoms with van der Waals surface area (Å²) in [7, 11) is 0. The average molecular weight is 120 g/mol. The molecule has 3 heteroatoms. The summed E-state index contributed by atoms with van der Waals surface area (Å²) < 4.78 is 0. The molecule has 40 valence electrons. The molecule has 0 spiro atoms. The zero-order valence-corrected chi connectivity index (χ0v) is 4.56. The third-order valence-corrected chi connectivity index (χ3v) is 0.908. The second-order valence-electron chi connectivity index (χ2n) is 1.02. The molecule has 1 N–H and O–H groups in total. The second kappa shape index (κ2) is 2.69. The lowest BCUT2D eigenvalue weighted by Gasteiger charge is -1.91. The van der Waals surface area contributed by atoms with Crippen LogP contribution in [0.25, 0.3) is 0 Å². The summed E-state index contributed by atoms with van der Waals surface area (Å²) in [4.78, 5) is 9.78. The molecule has 0 aliphatic heterocycles. The molecule has 0 heterocycles. The van der Waals surface area contributed by atoms with Crippen LogP contribution in [0.15, 0.2) is 12.7 Å². The Bertz CT molecular complexity index is 89.7. The first-order valence-electron chi connectivity index (χ1n) is 1.72. The van der Waals surface area contributed by atoms with Gasteiger partial charge in [0.25, 0.3) is 0 Å². The summed E-state index contributed by atoms with van der Waals surface area (Å²) >= 11 is 3.61. The molecule has 0 radical (unpaired) electrons. The van der Waals surface area contributed by atoms with Crippen molar-refractivity contribution in [2.75, 3.05) is 0 Å². The van der Waals surface area contributed by atoms with Gasteiger partial charge in [0.05, 0.1) is 0 Å². The van der Waals surface area contributed by atoms with Crippen LogP contribution in [0.4, 0.5) is 0 Å². The minimum Gasteiger partial charge on any atom is -0.480 e. The molecule has 0 saturated heterocycles. The summed E-state index contributed by atoms with van der Waals surface area (Å²) in [6.07, 6.45) is 1.26. The van der Waals surface area contributed by atoms with Gasteiger partial charge in [0.1, 0.15) is 5.25 Å². The summed E-state index contributed by atoms with van der Waals surface area (Å²) in [6, 6.07) is 0. The van der Waals surface area contributed by atoms with Crippen molar-refractivity contribution in [1.29, 1.82) is 0 Å². The normalized spacial score (nSPS) is 12.7. The molecule has 0 bridgehead atoms. The molecule has 0 aromatic heterocycles. The van der Waals surface area contributed by atoms with Crippen LogP contribution in [0.2, 0.25) is 0 Å². The summed E-state index contributed by atoms with van der Waals surface area (Å²) in [6.45, 7) is 3.22. The van der Waals surface area contributed by atoms with Gasteiger partial charge in [-0.05, 0) is 0 Å². The van der Waals surface area contributed by atoms with Gasteiger partial charge >= 0.3 is 5.97 Å². The van der Waals surface area contributed by atoms with Crippen LogP contribution in [-0.2, 0) is 4.79 Å². The van der Waals surface area contributed by atoms with Gasteiger partial charge in [-0.2, -0.15) is 12.6 Å². The number of carboxylic acid groups (broad SMARTS) is 1. The predicted octanol–water partition coefficient (Wildman–Crippen LogP) is 0.555. The van der Waals surface area contributed by atoms with Gasteiger partial charge in [-0.1, -0.05) is 6.08 Å². The maximum absolute atomic E-state index is 9.78. The lowest BCUT2D eigenvalue weighted by atomic mass is 10.6. The number of hydrogen-bond donors (Lipinski definition) is 2. The SMILES string of the molecule is C=CC(S)[14C](=O)O. The van der Waals surface area contributed by atoms with E-state index in [0.717, 1.165) is 0 Å². The summed E-state index contributed by atoms with van der Waals surface area (Å²) in [5.41, 5.74) is 0. The van der Waals surface area contributed by atoms with Crippen LogP contribution in [0.3, 0.4) is 0 Å². The Morgan fingerprint density at radius 1 is 2.00 bits per heavy atom. The first-order chi connectivity index (χ1) is 3.18. The van der Waals surface area contributed by atoms with Crippen LogP contribution < -0.4 is 0 Å². The Kier molecular flexibility index (Phi) is 2.52. The minimum atomic E-state index is -0.960. The molecule has 0 fully saturated rings. The molecular formula is C4H6O2S. The van der Waals surface area contributed by atoms with Crippen LogP contribution in [0.5, 0.6) is 0 Å². The highest BCUT2D eigenvalue weighted by atomic mass is 32.1. The van der Waals surface area contributed by atoms with E-state index >= 15 is 0 Å². The van der Waals surface area contributed by atoms with Gasteiger partial charge in [-0.25, -0.2) is 0 Å². The highest BCUT2D eigenvalue weighted by Gasteiger charge is 2.03. The van der Waals surface area contributed by atoms with Crippen molar-refractivity contribution < 1.29 is 9.90 Å². The molecule has 0 aliphatic rings. The van der Waals surface area contributed by atoms with Crippen molar-refractivity contribution >= 4 is 18.6 Å². The smallest absolute Gasteiger partial charge is 0.320 e. The Morgan fingerprint density at radius 2 is 2.43 bits per heavy atom. The molecule has 0 saturated carbocycles. The van der Waals surface area contributed by atoms with E-state index in [1.165, 1.54) is 6.08 Å². The lowest BCUT2D eigenvalue weighted by Crippen LogP contribution is -2.08. The number of aliphatic carboxylic acids is 1. The first-order valence-corrected chi connectivity index (χ1v) is 2.23. The molecule has 0 aliphatic carbocycles. The van der Waals surface area contributed by atoms with Gasteiger partial charge in [0, 0.05) is 0 Å². The van der Waals surface area contributed by atoms with Crippen molar-refractivity contribution in [3.63, 3.8) is 0 Å². The summed E-state index contributed by atoms with van der Waals surface area (Å²) in [5, 5.41) is 7.31. The summed E-state index contributed by atoms with van der Waals surface area (Å²) in [5.74, 6) is -0.960. The average Bonchev–Trinajstić information content (AvgIpc) is 1.65. The van der Waals surface area contributed by atoms with E-state index in [4.69, 9.17) is 5.11 Å². The maximum atomic E-state index is 9.78.